The molecule has 1 aliphatic rings. The minimum Gasteiger partial charge on any atom is -0.480 e. The van der Waals surface area contributed by atoms with Crippen LogP contribution in [-0.4, -0.2) is 69.5 Å². The van der Waals surface area contributed by atoms with E-state index < -0.39 is 53.8 Å². The van der Waals surface area contributed by atoms with Crippen LogP contribution in [0, 0.1) is 5.92 Å². The largest absolute Gasteiger partial charge is 0.480 e. The van der Waals surface area contributed by atoms with E-state index in [1.807, 2.05) is 24.3 Å². The number of thiol groups is 1. The van der Waals surface area contributed by atoms with Crippen molar-refractivity contribution in [1.82, 2.24) is 15.5 Å². The number of hydrogen-bond acceptors (Lipinski definition) is 7. The number of nitrogens with one attached hydrogen (secondary N) is 2. The van der Waals surface area contributed by atoms with Crippen LogP contribution < -0.4 is 22.1 Å². The van der Waals surface area contributed by atoms with E-state index in [-0.39, 0.29) is 37.5 Å². The van der Waals surface area contributed by atoms with E-state index in [0.717, 1.165) is 11.1 Å². The van der Waals surface area contributed by atoms with Gasteiger partial charge in [-0.1, -0.05) is 38.1 Å². The van der Waals surface area contributed by atoms with Gasteiger partial charge in [-0.25, -0.2) is 4.79 Å². The number of benzene rings is 1. The summed E-state index contributed by atoms with van der Waals surface area (Å²) >= 11 is 4.02. The molecule has 11 nitrogen and oxygen atoms in total. The van der Waals surface area contributed by atoms with Crippen LogP contribution in [0.2, 0.25) is 0 Å². The third-order valence-corrected chi connectivity index (χ3v) is 6.29. The Kier molecular flexibility index (Phi) is 10.1. The van der Waals surface area contributed by atoms with Crippen LogP contribution in [-0.2, 0) is 36.9 Å². The maximum atomic E-state index is 13.6. The quantitative estimate of drug-likeness (QED) is 0.211. The lowest BCUT2D eigenvalue weighted by Crippen LogP contribution is -2.61. The van der Waals surface area contributed by atoms with Gasteiger partial charge in [0.05, 0.1) is 6.04 Å². The molecule has 0 bridgehead atoms. The molecule has 0 aromatic heterocycles. The summed E-state index contributed by atoms with van der Waals surface area (Å²) in [5.74, 6) is -3.94. The van der Waals surface area contributed by atoms with E-state index in [9.17, 15) is 29.1 Å². The lowest BCUT2D eigenvalue weighted by molar-refractivity contribution is -0.147. The highest BCUT2D eigenvalue weighted by molar-refractivity contribution is 7.80. The summed E-state index contributed by atoms with van der Waals surface area (Å²) in [5, 5.41) is 14.6. The first-order chi connectivity index (χ1) is 16.5. The van der Waals surface area contributed by atoms with Crippen molar-refractivity contribution in [2.75, 3.05) is 5.75 Å². The monoisotopic (exact) mass is 507 g/mol. The zero-order valence-corrected chi connectivity index (χ0v) is 20.7. The molecule has 1 aliphatic heterocycles. The van der Waals surface area contributed by atoms with Crippen LogP contribution in [0.4, 0.5) is 0 Å². The van der Waals surface area contributed by atoms with Gasteiger partial charge in [-0.2, -0.15) is 12.6 Å². The number of carboxylic acid groups (broad SMARTS) is 1. The van der Waals surface area contributed by atoms with E-state index in [1.54, 1.807) is 13.8 Å². The topological polar surface area (TPSA) is 185 Å². The average molecular weight is 508 g/mol. The Morgan fingerprint density at radius 2 is 1.77 bits per heavy atom. The lowest BCUT2D eigenvalue weighted by Gasteiger charge is -2.39. The van der Waals surface area contributed by atoms with Crippen molar-refractivity contribution in [2.45, 2.75) is 63.8 Å². The molecule has 1 heterocycles. The molecule has 35 heavy (non-hydrogen) atoms. The van der Waals surface area contributed by atoms with Crippen molar-refractivity contribution in [3.05, 3.63) is 35.4 Å². The number of carboxylic acids is 1. The van der Waals surface area contributed by atoms with Crippen molar-refractivity contribution in [1.29, 1.82) is 0 Å². The van der Waals surface area contributed by atoms with Crippen LogP contribution in [0.25, 0.3) is 0 Å². The average Bonchev–Trinajstić information content (AvgIpc) is 2.82. The van der Waals surface area contributed by atoms with Gasteiger partial charge >= 0.3 is 5.97 Å². The molecule has 0 radical (unpaired) electrons. The van der Waals surface area contributed by atoms with Gasteiger partial charge in [-0.15, -0.1) is 0 Å². The predicted octanol–water partition coefficient (Wildman–Crippen LogP) is -0.827. The normalized spacial score (nSPS) is 17.6. The van der Waals surface area contributed by atoms with Gasteiger partial charge in [-0.3, -0.25) is 19.2 Å². The minimum atomic E-state index is -1.35. The summed E-state index contributed by atoms with van der Waals surface area (Å²) in [6.07, 6.45) is -0.245. The number of rotatable bonds is 11. The first kappa shape index (κ1) is 28.1. The molecule has 12 heteroatoms. The third kappa shape index (κ3) is 7.43. The SMILES string of the molecule is CC(C)[C@H](NC(=O)[C@@H](N)CS)C(=O)N1Cc2ccccc2CC1C(=O)N[C@H](CCC(N)=O)C(=O)O. The Morgan fingerprint density at radius 1 is 1.14 bits per heavy atom. The third-order valence-electron chi connectivity index (χ3n) is 5.89. The van der Waals surface area contributed by atoms with E-state index in [4.69, 9.17) is 11.5 Å². The Balaban J connectivity index is 2.35. The van der Waals surface area contributed by atoms with E-state index >= 15 is 0 Å². The van der Waals surface area contributed by atoms with E-state index in [2.05, 4.69) is 23.3 Å². The highest BCUT2D eigenvalue weighted by atomic mass is 32.1. The van der Waals surface area contributed by atoms with Crippen LogP contribution >= 0.6 is 12.6 Å². The molecule has 1 aromatic carbocycles. The number of carbonyl (C=O) groups excluding carboxylic acids is 4. The molecule has 2 rings (SSSR count). The number of primary amides is 1. The minimum absolute atomic E-state index is 0.0921. The summed E-state index contributed by atoms with van der Waals surface area (Å²) in [4.78, 5) is 63.4. The summed E-state index contributed by atoms with van der Waals surface area (Å²) in [6, 6.07) is 3.08. The number of nitrogens with zero attached hydrogens (tertiary/aromatic N) is 1. The Labute approximate surface area is 209 Å². The van der Waals surface area contributed by atoms with Gasteiger partial charge in [0.2, 0.25) is 23.6 Å². The van der Waals surface area contributed by atoms with Gasteiger partial charge in [-0.05, 0) is 23.5 Å². The number of fused-ring (bicyclic) bond motifs is 1. The molecular weight excluding hydrogens is 474 g/mol. The van der Waals surface area contributed by atoms with Gasteiger partial charge < -0.3 is 32.1 Å². The number of amides is 4. The molecule has 0 fully saturated rings. The second-order valence-electron chi connectivity index (χ2n) is 8.88. The summed E-state index contributed by atoms with van der Waals surface area (Å²) in [6.45, 7) is 3.61. The second kappa shape index (κ2) is 12.5. The van der Waals surface area contributed by atoms with E-state index in [1.165, 1.54) is 4.90 Å². The van der Waals surface area contributed by atoms with Crippen molar-refractivity contribution in [3.8, 4) is 0 Å². The lowest BCUT2D eigenvalue weighted by atomic mass is 9.91. The van der Waals surface area contributed by atoms with Gasteiger partial charge in [0.1, 0.15) is 18.1 Å². The summed E-state index contributed by atoms with van der Waals surface area (Å²) in [5.41, 5.74) is 12.6. The molecule has 7 N–H and O–H groups in total. The van der Waals surface area contributed by atoms with Crippen molar-refractivity contribution in [3.63, 3.8) is 0 Å². The standard InChI is InChI=1S/C23H33N5O6S/c1-12(2)19(27-20(30)15(24)11-35)22(32)28-10-14-6-4-3-5-13(14)9-17(28)21(31)26-16(23(33)34)7-8-18(25)29/h3-6,12,15-17,19,35H,7-11,24H2,1-2H3,(H2,25,29)(H,26,31)(H,27,30)(H,33,34)/t15-,16+,17?,19-/m0/s1. The van der Waals surface area contributed by atoms with Gasteiger partial charge in [0.25, 0.3) is 0 Å². The molecule has 0 aliphatic carbocycles. The number of aliphatic carboxylic acids is 1. The molecule has 0 saturated heterocycles. The zero-order chi connectivity index (χ0) is 26.3. The number of carbonyl (C=O) groups is 5. The highest BCUT2D eigenvalue weighted by Crippen LogP contribution is 2.25. The fourth-order valence-electron chi connectivity index (χ4n) is 3.84. The van der Waals surface area contributed by atoms with Crippen LogP contribution in [0.5, 0.6) is 0 Å². The van der Waals surface area contributed by atoms with Crippen molar-refractivity contribution in [2.24, 2.45) is 17.4 Å². The fourth-order valence-corrected chi connectivity index (χ4v) is 4.00. The summed E-state index contributed by atoms with van der Waals surface area (Å²) in [7, 11) is 0. The first-order valence-electron chi connectivity index (χ1n) is 11.3. The maximum Gasteiger partial charge on any atom is 0.326 e. The molecule has 192 valence electrons. The fraction of sp³-hybridized carbons (Fsp3) is 0.522. The van der Waals surface area contributed by atoms with Crippen molar-refractivity contribution < 1.29 is 29.1 Å². The zero-order valence-electron chi connectivity index (χ0n) is 19.8. The first-order valence-corrected chi connectivity index (χ1v) is 11.9. The molecule has 0 spiro atoms. The second-order valence-corrected chi connectivity index (χ2v) is 9.24. The molecule has 1 aromatic rings. The van der Waals surface area contributed by atoms with E-state index in [0.29, 0.717) is 0 Å². The highest BCUT2D eigenvalue weighted by Gasteiger charge is 2.40. The summed E-state index contributed by atoms with van der Waals surface area (Å²) < 4.78 is 0. The molecule has 1 unspecified atom stereocenters. The Morgan fingerprint density at radius 3 is 2.31 bits per heavy atom. The smallest absolute Gasteiger partial charge is 0.326 e. The van der Waals surface area contributed by atoms with Crippen LogP contribution in [0.1, 0.15) is 37.8 Å². The number of hydrogen-bond donors (Lipinski definition) is 6. The van der Waals surface area contributed by atoms with Crippen LogP contribution in [0.15, 0.2) is 24.3 Å². The van der Waals surface area contributed by atoms with Crippen molar-refractivity contribution >= 4 is 42.2 Å². The van der Waals surface area contributed by atoms with Gasteiger partial charge in [0.15, 0.2) is 0 Å². The molecule has 0 saturated carbocycles. The molecule has 4 atom stereocenters. The van der Waals surface area contributed by atoms with Crippen LogP contribution in [0.3, 0.4) is 0 Å². The molecular formula is C23H33N5O6S. The predicted molar refractivity (Wildman–Crippen MR) is 131 cm³/mol. The molecule has 4 amide bonds. The number of nitrogens with two attached hydrogens (primary N) is 2. The van der Waals surface area contributed by atoms with Gasteiger partial charge in [0, 0.05) is 25.1 Å². The Hall–Kier alpha value is -3.12. The Bertz CT molecular complexity index is 971. The maximum absolute atomic E-state index is 13.6.